The van der Waals surface area contributed by atoms with Gasteiger partial charge in [0, 0.05) is 23.9 Å². The van der Waals surface area contributed by atoms with Gasteiger partial charge < -0.3 is 14.0 Å². The fraction of sp³-hybridized carbons (Fsp3) is 0.480. The number of hydrogen-bond acceptors (Lipinski definition) is 6. The molecule has 1 aliphatic heterocycles. The molecule has 0 radical (unpaired) electrons. The predicted molar refractivity (Wildman–Crippen MR) is 129 cm³/mol. The summed E-state index contributed by atoms with van der Waals surface area (Å²) >= 11 is 0. The van der Waals surface area contributed by atoms with Crippen molar-refractivity contribution in [2.45, 2.75) is 65.5 Å². The molecule has 9 heteroatoms. The lowest BCUT2D eigenvalue weighted by Crippen LogP contribution is -2.38. The summed E-state index contributed by atoms with van der Waals surface area (Å²) < 4.78 is 8.68. The molecular weight excluding hydrogens is 432 g/mol. The van der Waals surface area contributed by atoms with Crippen LogP contribution in [-0.2, 0) is 23.3 Å². The average Bonchev–Trinajstić information content (AvgIpc) is 3.40. The van der Waals surface area contributed by atoms with Gasteiger partial charge in [-0.05, 0) is 38.3 Å². The van der Waals surface area contributed by atoms with Crippen molar-refractivity contribution in [1.82, 2.24) is 29.2 Å². The van der Waals surface area contributed by atoms with Gasteiger partial charge in [0.1, 0.15) is 24.1 Å². The zero-order chi connectivity index (χ0) is 24.0. The summed E-state index contributed by atoms with van der Waals surface area (Å²) in [5.74, 6) is 0.956. The van der Waals surface area contributed by atoms with Crippen LogP contribution >= 0.6 is 0 Å². The van der Waals surface area contributed by atoms with Crippen molar-refractivity contribution in [1.29, 1.82) is 0 Å². The topological polar surface area (TPSA) is 99.0 Å². The third kappa shape index (κ3) is 3.99. The number of aromatic nitrogens is 5. The highest BCUT2D eigenvalue weighted by molar-refractivity contribution is 6.06. The summed E-state index contributed by atoms with van der Waals surface area (Å²) in [6.45, 7) is 9.77. The van der Waals surface area contributed by atoms with E-state index in [2.05, 4.69) is 15.1 Å². The van der Waals surface area contributed by atoms with Gasteiger partial charge in [-0.25, -0.2) is 4.98 Å². The van der Waals surface area contributed by atoms with E-state index in [1.54, 1.807) is 0 Å². The van der Waals surface area contributed by atoms with E-state index in [0.717, 1.165) is 48.8 Å². The minimum absolute atomic E-state index is 0.0283. The Morgan fingerprint density at radius 1 is 1.15 bits per heavy atom. The van der Waals surface area contributed by atoms with Crippen LogP contribution in [0.5, 0.6) is 0 Å². The summed E-state index contributed by atoms with van der Waals surface area (Å²) in [6, 6.07) is 5.98. The van der Waals surface area contributed by atoms with Crippen LogP contribution in [0.4, 0.5) is 0 Å². The van der Waals surface area contributed by atoms with Crippen LogP contribution < -0.4 is 5.56 Å². The number of aryl methyl sites for hydroxylation is 1. The number of likely N-dealkylation sites (tertiary alicyclic amines) is 1. The Kier molecular flexibility index (Phi) is 5.50. The van der Waals surface area contributed by atoms with Crippen molar-refractivity contribution in [2.75, 3.05) is 13.1 Å². The lowest BCUT2D eigenvalue weighted by molar-refractivity contribution is -0.132. The molecule has 5 rings (SSSR count). The molecule has 4 heterocycles. The fourth-order valence-corrected chi connectivity index (χ4v) is 4.54. The van der Waals surface area contributed by atoms with Crippen LogP contribution in [0, 0.1) is 6.92 Å². The van der Waals surface area contributed by atoms with Gasteiger partial charge in [-0.15, -0.1) is 0 Å². The third-order valence-electron chi connectivity index (χ3n) is 6.43. The molecule has 0 bridgehead atoms. The van der Waals surface area contributed by atoms with Gasteiger partial charge in [0.2, 0.25) is 11.8 Å². The van der Waals surface area contributed by atoms with Crippen LogP contribution in [0.25, 0.3) is 21.9 Å². The Balaban J connectivity index is 1.59. The Labute approximate surface area is 197 Å². The highest BCUT2D eigenvalue weighted by Gasteiger charge is 2.24. The monoisotopic (exact) mass is 462 g/mol. The lowest BCUT2D eigenvalue weighted by atomic mass is 9.96. The van der Waals surface area contributed by atoms with Crippen molar-refractivity contribution < 1.29 is 9.32 Å². The third-order valence-corrected chi connectivity index (χ3v) is 6.43. The zero-order valence-electron chi connectivity index (χ0n) is 20.2. The summed E-state index contributed by atoms with van der Waals surface area (Å²) in [6.07, 6.45) is 4.71. The van der Waals surface area contributed by atoms with E-state index in [1.165, 1.54) is 10.9 Å². The summed E-state index contributed by atoms with van der Waals surface area (Å²) in [5.41, 5.74) is 2.44. The fourth-order valence-electron chi connectivity index (χ4n) is 4.54. The first-order valence-corrected chi connectivity index (χ1v) is 11.8. The highest BCUT2D eigenvalue weighted by Crippen LogP contribution is 2.27. The number of rotatable bonds is 4. The number of nitrogens with zero attached hydrogens (tertiary/aromatic N) is 6. The molecule has 3 aromatic heterocycles. The van der Waals surface area contributed by atoms with Gasteiger partial charge >= 0.3 is 0 Å². The molecule has 0 spiro atoms. The maximum Gasteiger partial charge on any atom is 0.278 e. The molecule has 9 nitrogen and oxygen atoms in total. The first-order chi connectivity index (χ1) is 16.2. The molecule has 0 saturated carbocycles. The molecular formula is C25H30N6O3. The standard InChI is InChI=1S/C25H30N6O3/c1-16-8-9-18-17(12-16)21-22(31(18)14-20(32)29-10-6-5-7-11-29)23(33)30(15-26-21)13-19-27-24(28-34-19)25(2,3)4/h8-9,12,15H,5-7,10-11,13-14H2,1-4H3. The number of amides is 1. The van der Waals surface area contributed by atoms with Crippen LogP contribution in [0.15, 0.2) is 33.8 Å². The second-order valence-electron chi connectivity index (χ2n) is 10.2. The number of hydrogen-bond donors (Lipinski definition) is 0. The Hall–Kier alpha value is -3.49. The van der Waals surface area contributed by atoms with Crippen LogP contribution in [-0.4, -0.2) is 48.2 Å². The number of carbonyl (C=O) groups is 1. The van der Waals surface area contributed by atoms with E-state index in [9.17, 15) is 9.59 Å². The van der Waals surface area contributed by atoms with Crippen LogP contribution in [0.3, 0.4) is 0 Å². The summed E-state index contributed by atoms with van der Waals surface area (Å²) in [7, 11) is 0. The largest absolute Gasteiger partial charge is 0.341 e. The van der Waals surface area contributed by atoms with E-state index in [1.807, 2.05) is 55.4 Å². The number of piperidine rings is 1. The van der Waals surface area contributed by atoms with E-state index in [0.29, 0.717) is 22.7 Å². The van der Waals surface area contributed by atoms with Crippen molar-refractivity contribution in [3.05, 3.63) is 52.2 Å². The number of benzene rings is 1. The first-order valence-electron chi connectivity index (χ1n) is 11.8. The van der Waals surface area contributed by atoms with E-state index in [4.69, 9.17) is 4.52 Å². The van der Waals surface area contributed by atoms with Crippen molar-refractivity contribution in [3.63, 3.8) is 0 Å². The zero-order valence-corrected chi connectivity index (χ0v) is 20.2. The first kappa shape index (κ1) is 22.3. The van der Waals surface area contributed by atoms with Crippen LogP contribution in [0.2, 0.25) is 0 Å². The minimum atomic E-state index is -0.256. The van der Waals surface area contributed by atoms with Gasteiger partial charge in [-0.2, -0.15) is 4.98 Å². The van der Waals surface area contributed by atoms with Crippen molar-refractivity contribution in [2.24, 2.45) is 0 Å². The molecule has 1 fully saturated rings. The molecule has 34 heavy (non-hydrogen) atoms. The summed E-state index contributed by atoms with van der Waals surface area (Å²) in [5, 5.41) is 4.93. The molecule has 1 aliphatic rings. The second-order valence-corrected chi connectivity index (χ2v) is 10.2. The molecule has 0 N–H and O–H groups in total. The number of fused-ring (bicyclic) bond motifs is 3. The van der Waals surface area contributed by atoms with Gasteiger partial charge in [0.15, 0.2) is 5.82 Å². The quantitative estimate of drug-likeness (QED) is 0.461. The SMILES string of the molecule is Cc1ccc2c(c1)c1ncn(Cc3nc(C(C)(C)C)no3)c(=O)c1n2CC(=O)N1CCCCC1. The molecule has 1 aromatic carbocycles. The maximum atomic E-state index is 13.7. The maximum absolute atomic E-state index is 13.7. The Morgan fingerprint density at radius 3 is 2.62 bits per heavy atom. The van der Waals surface area contributed by atoms with Crippen molar-refractivity contribution in [3.8, 4) is 0 Å². The molecule has 0 aliphatic carbocycles. The Bertz CT molecular complexity index is 1430. The van der Waals surface area contributed by atoms with Gasteiger partial charge in [0.05, 0.1) is 11.8 Å². The van der Waals surface area contributed by atoms with Gasteiger partial charge in [-0.3, -0.25) is 14.2 Å². The predicted octanol–water partition coefficient (Wildman–Crippen LogP) is 3.40. The molecule has 178 valence electrons. The molecule has 1 saturated heterocycles. The molecule has 1 amide bonds. The average molecular weight is 463 g/mol. The van der Waals surface area contributed by atoms with Gasteiger partial charge in [0.25, 0.3) is 5.56 Å². The van der Waals surface area contributed by atoms with E-state index in [-0.39, 0.29) is 30.0 Å². The molecule has 0 unspecified atom stereocenters. The summed E-state index contributed by atoms with van der Waals surface area (Å²) in [4.78, 5) is 37.8. The molecule has 0 atom stereocenters. The Morgan fingerprint density at radius 2 is 1.91 bits per heavy atom. The smallest absolute Gasteiger partial charge is 0.278 e. The second kappa shape index (κ2) is 8.38. The lowest BCUT2D eigenvalue weighted by Gasteiger charge is -2.27. The van der Waals surface area contributed by atoms with E-state index < -0.39 is 0 Å². The molecule has 4 aromatic rings. The van der Waals surface area contributed by atoms with Gasteiger partial charge in [-0.1, -0.05) is 37.6 Å². The van der Waals surface area contributed by atoms with Crippen LogP contribution in [0.1, 0.15) is 57.3 Å². The van der Waals surface area contributed by atoms with E-state index >= 15 is 0 Å². The minimum Gasteiger partial charge on any atom is -0.341 e. The normalized spacial score (nSPS) is 14.9. The highest BCUT2D eigenvalue weighted by atomic mass is 16.5. The number of carbonyl (C=O) groups excluding carboxylic acids is 1. The van der Waals surface area contributed by atoms with Crippen molar-refractivity contribution >= 4 is 27.8 Å².